The Morgan fingerprint density at radius 1 is 1.18 bits per heavy atom. The Hall–Kier alpha value is -2.11. The van der Waals surface area contributed by atoms with Crippen LogP contribution in [-0.4, -0.2) is 15.2 Å². The summed E-state index contributed by atoms with van der Waals surface area (Å²) in [6.07, 6.45) is 0. The van der Waals surface area contributed by atoms with E-state index in [1.165, 1.54) is 11.1 Å². The first kappa shape index (κ1) is 14.8. The fourth-order valence-corrected chi connectivity index (χ4v) is 2.54. The molecule has 22 heavy (non-hydrogen) atoms. The van der Waals surface area contributed by atoms with E-state index in [2.05, 4.69) is 39.6 Å². The van der Waals surface area contributed by atoms with Gasteiger partial charge in [0.1, 0.15) is 0 Å². The molecule has 1 heterocycles. The summed E-state index contributed by atoms with van der Waals surface area (Å²) in [6, 6.07) is 13.9. The van der Waals surface area contributed by atoms with E-state index in [0.29, 0.717) is 11.3 Å². The molecule has 112 valence electrons. The Bertz CT molecular complexity index is 853. The molecule has 0 unspecified atom stereocenters. The summed E-state index contributed by atoms with van der Waals surface area (Å²) in [7, 11) is 0. The quantitative estimate of drug-likeness (QED) is 0.607. The van der Waals surface area contributed by atoms with E-state index in [1.54, 1.807) is 0 Å². The molecule has 3 aromatic rings. The van der Waals surface area contributed by atoms with E-state index >= 15 is 0 Å². The van der Waals surface area contributed by atoms with Gasteiger partial charge in [-0.2, -0.15) is 4.98 Å². The van der Waals surface area contributed by atoms with E-state index in [0.717, 1.165) is 22.1 Å². The summed E-state index contributed by atoms with van der Waals surface area (Å²) in [5.74, 6) is 0.744. The summed E-state index contributed by atoms with van der Waals surface area (Å²) in [5, 5.41) is 9.89. The van der Waals surface area contributed by atoms with Crippen LogP contribution in [0.5, 0.6) is 0 Å². The van der Waals surface area contributed by atoms with Crippen LogP contribution in [0.1, 0.15) is 11.1 Å². The number of hydrogen-bond acceptors (Lipinski definition) is 3. The molecule has 0 fully saturated rings. The third-order valence-corrected chi connectivity index (χ3v) is 3.86. The molecule has 0 aliphatic heterocycles. The number of aryl methyl sites for hydroxylation is 1. The molecule has 0 saturated heterocycles. The summed E-state index contributed by atoms with van der Waals surface area (Å²) in [5.41, 5.74) is 4.41. The number of nitrogens with one attached hydrogen (secondary N) is 3. The highest BCUT2D eigenvalue weighted by Gasteiger charge is 2.05. The predicted octanol–water partition coefficient (Wildman–Crippen LogP) is 4.71. The SMILES string of the molecule is Cc1ccc(-c2nc(=S)[nH][nH]2)cc1CNc1cccc(Cl)c1. The molecule has 0 bridgehead atoms. The van der Waals surface area contributed by atoms with Crippen LogP contribution in [0.4, 0.5) is 5.69 Å². The smallest absolute Gasteiger partial charge is 0.213 e. The number of benzene rings is 2. The lowest BCUT2D eigenvalue weighted by atomic mass is 10.0. The van der Waals surface area contributed by atoms with Crippen LogP contribution in [0.15, 0.2) is 42.5 Å². The van der Waals surface area contributed by atoms with Gasteiger partial charge in [0, 0.05) is 22.8 Å². The number of aromatic amines is 2. The van der Waals surface area contributed by atoms with Gasteiger partial charge in [0.15, 0.2) is 5.82 Å². The third-order valence-electron chi connectivity index (χ3n) is 3.43. The van der Waals surface area contributed by atoms with Gasteiger partial charge in [-0.25, -0.2) is 0 Å². The molecule has 6 heteroatoms. The molecule has 0 aliphatic carbocycles. The minimum Gasteiger partial charge on any atom is -0.381 e. The molecule has 0 atom stereocenters. The zero-order valence-electron chi connectivity index (χ0n) is 12.0. The first-order valence-corrected chi connectivity index (χ1v) is 7.64. The van der Waals surface area contributed by atoms with Gasteiger partial charge in [0.05, 0.1) is 0 Å². The Morgan fingerprint density at radius 3 is 2.77 bits per heavy atom. The van der Waals surface area contributed by atoms with Gasteiger partial charge in [-0.05, 0) is 54.5 Å². The highest BCUT2D eigenvalue weighted by Crippen LogP contribution is 2.21. The highest BCUT2D eigenvalue weighted by atomic mass is 35.5. The van der Waals surface area contributed by atoms with Crippen molar-refractivity contribution >= 4 is 29.5 Å². The largest absolute Gasteiger partial charge is 0.381 e. The van der Waals surface area contributed by atoms with E-state index in [-0.39, 0.29) is 0 Å². The van der Waals surface area contributed by atoms with Gasteiger partial charge in [-0.15, -0.1) is 0 Å². The molecule has 1 aromatic heterocycles. The number of hydrogen-bond donors (Lipinski definition) is 3. The van der Waals surface area contributed by atoms with Crippen molar-refractivity contribution in [3.05, 3.63) is 63.4 Å². The number of nitrogens with zero attached hydrogens (tertiary/aromatic N) is 1. The van der Waals surface area contributed by atoms with Crippen molar-refractivity contribution in [1.82, 2.24) is 15.2 Å². The molecule has 2 aromatic carbocycles. The van der Waals surface area contributed by atoms with Crippen LogP contribution in [-0.2, 0) is 6.54 Å². The summed E-state index contributed by atoms with van der Waals surface area (Å²) in [4.78, 5) is 4.25. The highest BCUT2D eigenvalue weighted by molar-refractivity contribution is 7.71. The monoisotopic (exact) mass is 330 g/mol. The van der Waals surface area contributed by atoms with Gasteiger partial charge in [-0.3, -0.25) is 10.2 Å². The molecular formula is C16H15ClN4S. The van der Waals surface area contributed by atoms with Gasteiger partial charge in [-0.1, -0.05) is 29.8 Å². The van der Waals surface area contributed by atoms with Crippen molar-refractivity contribution in [3.8, 4) is 11.4 Å². The second kappa shape index (κ2) is 6.34. The Kier molecular flexibility index (Phi) is 4.27. The minimum atomic E-state index is 0.453. The van der Waals surface area contributed by atoms with E-state index in [4.69, 9.17) is 23.8 Å². The second-order valence-electron chi connectivity index (χ2n) is 5.02. The van der Waals surface area contributed by atoms with Crippen molar-refractivity contribution in [1.29, 1.82) is 0 Å². The second-order valence-corrected chi connectivity index (χ2v) is 5.84. The maximum atomic E-state index is 6.00. The summed E-state index contributed by atoms with van der Waals surface area (Å²) < 4.78 is 0.453. The lowest BCUT2D eigenvalue weighted by Crippen LogP contribution is -2.01. The van der Waals surface area contributed by atoms with Crippen LogP contribution >= 0.6 is 23.8 Å². The molecule has 3 N–H and O–H groups in total. The third kappa shape index (κ3) is 3.37. The summed E-state index contributed by atoms with van der Waals surface area (Å²) in [6.45, 7) is 2.80. The van der Waals surface area contributed by atoms with Crippen LogP contribution in [0.2, 0.25) is 5.02 Å². The van der Waals surface area contributed by atoms with Crippen molar-refractivity contribution < 1.29 is 0 Å². The predicted molar refractivity (Wildman–Crippen MR) is 92.7 cm³/mol. The van der Waals surface area contributed by atoms with Crippen molar-refractivity contribution in [2.24, 2.45) is 0 Å². The van der Waals surface area contributed by atoms with E-state index in [9.17, 15) is 0 Å². The van der Waals surface area contributed by atoms with E-state index in [1.807, 2.05) is 30.3 Å². The van der Waals surface area contributed by atoms with Gasteiger partial charge >= 0.3 is 0 Å². The van der Waals surface area contributed by atoms with Gasteiger partial charge < -0.3 is 5.32 Å². The molecule has 3 rings (SSSR count). The number of H-pyrrole nitrogens is 2. The molecule has 4 nitrogen and oxygen atoms in total. The maximum Gasteiger partial charge on any atom is 0.213 e. The van der Waals surface area contributed by atoms with E-state index < -0.39 is 0 Å². The van der Waals surface area contributed by atoms with Crippen LogP contribution in [0.3, 0.4) is 0 Å². The van der Waals surface area contributed by atoms with Crippen LogP contribution in [0, 0.1) is 11.7 Å². The standard InChI is InChI=1S/C16H15ClN4S/c1-10-5-6-11(15-19-16(22)21-20-15)7-12(10)9-18-14-4-2-3-13(17)8-14/h2-8,18H,9H2,1H3,(H2,19,20,21,22). The molecule has 0 saturated carbocycles. The molecule has 0 aliphatic rings. The Morgan fingerprint density at radius 2 is 2.05 bits per heavy atom. The van der Waals surface area contributed by atoms with Crippen LogP contribution < -0.4 is 5.32 Å². The molecular weight excluding hydrogens is 316 g/mol. The number of aromatic nitrogens is 3. The fraction of sp³-hybridized carbons (Fsp3) is 0.125. The molecule has 0 amide bonds. The number of halogens is 1. The Labute approximate surface area is 138 Å². The van der Waals surface area contributed by atoms with Crippen LogP contribution in [0.25, 0.3) is 11.4 Å². The lowest BCUT2D eigenvalue weighted by molar-refractivity contribution is 1.08. The average molecular weight is 331 g/mol. The van der Waals surface area contributed by atoms with Crippen molar-refractivity contribution in [3.63, 3.8) is 0 Å². The zero-order chi connectivity index (χ0) is 15.5. The van der Waals surface area contributed by atoms with Gasteiger partial charge in [0.2, 0.25) is 4.77 Å². The normalized spacial score (nSPS) is 10.6. The topological polar surface area (TPSA) is 56.5 Å². The Balaban J connectivity index is 1.82. The summed E-state index contributed by atoms with van der Waals surface area (Å²) >= 11 is 11.0. The average Bonchev–Trinajstić information content (AvgIpc) is 2.93. The fourth-order valence-electron chi connectivity index (χ4n) is 2.21. The van der Waals surface area contributed by atoms with Gasteiger partial charge in [0.25, 0.3) is 0 Å². The minimum absolute atomic E-state index is 0.453. The lowest BCUT2D eigenvalue weighted by Gasteiger charge is -2.10. The molecule has 0 spiro atoms. The molecule has 0 radical (unpaired) electrons. The van der Waals surface area contributed by atoms with Crippen molar-refractivity contribution in [2.45, 2.75) is 13.5 Å². The number of rotatable bonds is 4. The first-order valence-electron chi connectivity index (χ1n) is 6.86. The first-order chi connectivity index (χ1) is 10.6. The number of anilines is 1. The van der Waals surface area contributed by atoms with Crippen molar-refractivity contribution in [2.75, 3.05) is 5.32 Å². The maximum absolute atomic E-state index is 6.00. The zero-order valence-corrected chi connectivity index (χ0v) is 13.6.